The molecule has 1 fully saturated rings. The molecule has 2 rings (SSSR count). The van der Waals surface area contributed by atoms with Gasteiger partial charge in [-0.15, -0.1) is 0 Å². The number of carbonyl (C=O) groups is 1. The molecule has 0 aromatic heterocycles. The van der Waals surface area contributed by atoms with Crippen molar-refractivity contribution in [2.75, 3.05) is 23.2 Å². The summed E-state index contributed by atoms with van der Waals surface area (Å²) in [7, 11) is -7.38. The minimum absolute atomic E-state index is 0.00809. The Morgan fingerprint density at radius 1 is 1.25 bits per heavy atom. The van der Waals surface area contributed by atoms with Gasteiger partial charge in [-0.2, -0.15) is 0 Å². The normalized spacial score (nSPS) is 17.6. The molecular formula is C14H20N2O6S2. The molecular weight excluding hydrogens is 356 g/mol. The number of nitrogens with one attached hydrogen (secondary N) is 1. The first-order valence-corrected chi connectivity index (χ1v) is 10.5. The summed E-state index contributed by atoms with van der Waals surface area (Å²) in [6.07, 6.45) is -0.0616. The first-order chi connectivity index (χ1) is 11.1. The van der Waals surface area contributed by atoms with Gasteiger partial charge in [0, 0.05) is 13.0 Å². The number of hydrogen-bond donors (Lipinski definition) is 1. The minimum atomic E-state index is -3.72. The Balaban J connectivity index is 2.10. The van der Waals surface area contributed by atoms with Crippen LogP contribution >= 0.6 is 0 Å². The third-order valence-corrected chi connectivity index (χ3v) is 6.47. The molecule has 1 saturated heterocycles. The zero-order valence-corrected chi connectivity index (χ0v) is 15.1. The van der Waals surface area contributed by atoms with Crippen LogP contribution in [-0.4, -0.2) is 47.8 Å². The van der Waals surface area contributed by atoms with E-state index in [4.69, 9.17) is 4.74 Å². The molecule has 0 atom stereocenters. The van der Waals surface area contributed by atoms with Gasteiger partial charge in [-0.25, -0.2) is 25.9 Å². The quantitative estimate of drug-likeness (QED) is 0.692. The highest BCUT2D eigenvalue weighted by Gasteiger charge is 2.36. The fourth-order valence-corrected chi connectivity index (χ4v) is 4.66. The van der Waals surface area contributed by atoms with Crippen molar-refractivity contribution >= 4 is 31.6 Å². The van der Waals surface area contributed by atoms with Crippen LogP contribution in [0, 0.1) is 0 Å². The van der Waals surface area contributed by atoms with Crippen molar-refractivity contribution in [3.8, 4) is 0 Å². The summed E-state index contributed by atoms with van der Waals surface area (Å²) in [6, 6.07) is 5.14. The molecule has 134 valence electrons. The standard InChI is InChI=1S/C14H20N2O6S2/c1-11(2)22-9-8-15-24(20,21)13-5-3-12(4-6-13)16-14(17)7-10-23(16,18)19/h3-6,11,15H,7-10H2,1-2H3. The Bertz CT molecular complexity index is 800. The predicted molar refractivity (Wildman–Crippen MR) is 88.6 cm³/mol. The summed E-state index contributed by atoms with van der Waals surface area (Å²) in [4.78, 5) is 11.7. The predicted octanol–water partition coefficient (Wildman–Crippen LogP) is 0.456. The molecule has 1 aliphatic rings. The van der Waals surface area contributed by atoms with E-state index in [9.17, 15) is 21.6 Å². The van der Waals surface area contributed by atoms with Crippen LogP contribution in [-0.2, 0) is 29.6 Å². The molecule has 24 heavy (non-hydrogen) atoms. The van der Waals surface area contributed by atoms with Crippen molar-refractivity contribution in [2.24, 2.45) is 0 Å². The number of rotatable bonds is 7. The number of nitrogens with zero attached hydrogens (tertiary/aromatic N) is 1. The number of carbonyl (C=O) groups excluding carboxylic acids is 1. The first-order valence-electron chi connectivity index (χ1n) is 7.41. The zero-order chi connectivity index (χ0) is 18.0. The summed E-state index contributed by atoms with van der Waals surface area (Å²) >= 11 is 0. The highest BCUT2D eigenvalue weighted by molar-refractivity contribution is 7.94. The van der Waals surface area contributed by atoms with Crippen molar-refractivity contribution in [3.63, 3.8) is 0 Å². The van der Waals surface area contributed by atoms with Crippen LogP contribution in [0.1, 0.15) is 20.3 Å². The molecule has 1 aromatic rings. The smallest absolute Gasteiger partial charge is 0.242 e. The van der Waals surface area contributed by atoms with Gasteiger partial charge in [0.05, 0.1) is 29.0 Å². The number of sulfonamides is 2. The maximum absolute atomic E-state index is 12.1. The van der Waals surface area contributed by atoms with Crippen LogP contribution in [0.4, 0.5) is 5.69 Å². The monoisotopic (exact) mass is 376 g/mol. The molecule has 10 heteroatoms. The highest BCUT2D eigenvalue weighted by atomic mass is 32.2. The second kappa shape index (κ2) is 7.18. The van der Waals surface area contributed by atoms with Gasteiger partial charge >= 0.3 is 0 Å². The van der Waals surface area contributed by atoms with Gasteiger partial charge < -0.3 is 4.74 Å². The molecule has 1 heterocycles. The Kier molecular flexibility index (Phi) is 5.63. The lowest BCUT2D eigenvalue weighted by atomic mass is 10.3. The largest absolute Gasteiger partial charge is 0.377 e. The van der Waals surface area contributed by atoms with Crippen LogP contribution in [0.25, 0.3) is 0 Å². The lowest BCUT2D eigenvalue weighted by Crippen LogP contribution is -2.30. The van der Waals surface area contributed by atoms with E-state index >= 15 is 0 Å². The van der Waals surface area contributed by atoms with Crippen LogP contribution < -0.4 is 9.03 Å². The molecule has 0 radical (unpaired) electrons. The van der Waals surface area contributed by atoms with E-state index in [1.165, 1.54) is 24.3 Å². The van der Waals surface area contributed by atoms with E-state index in [1.807, 2.05) is 13.8 Å². The maximum atomic E-state index is 12.1. The number of hydrogen-bond acceptors (Lipinski definition) is 6. The summed E-state index contributed by atoms with van der Waals surface area (Å²) in [6.45, 7) is 4.07. The first kappa shape index (κ1) is 18.8. The van der Waals surface area contributed by atoms with Gasteiger partial charge in [0.25, 0.3) is 0 Å². The van der Waals surface area contributed by atoms with Gasteiger partial charge in [0.1, 0.15) is 0 Å². The van der Waals surface area contributed by atoms with Crippen LogP contribution in [0.15, 0.2) is 29.2 Å². The number of benzene rings is 1. The summed E-state index contributed by atoms with van der Waals surface area (Å²) in [5, 5.41) is 0. The van der Waals surface area contributed by atoms with Crippen molar-refractivity contribution in [1.29, 1.82) is 0 Å². The summed E-state index contributed by atoms with van der Waals surface area (Å²) in [5.74, 6) is -0.752. The molecule has 8 nitrogen and oxygen atoms in total. The third-order valence-electron chi connectivity index (χ3n) is 3.31. The number of ether oxygens (including phenoxy) is 1. The second-order valence-electron chi connectivity index (χ2n) is 5.54. The van der Waals surface area contributed by atoms with Crippen LogP contribution in [0.2, 0.25) is 0 Å². The van der Waals surface area contributed by atoms with Crippen LogP contribution in [0.3, 0.4) is 0 Å². The number of amides is 1. The average Bonchev–Trinajstić information content (AvgIpc) is 2.77. The molecule has 0 aliphatic carbocycles. The SMILES string of the molecule is CC(C)OCCNS(=O)(=O)c1ccc(N2C(=O)CCS2(=O)=O)cc1. The van der Waals surface area contributed by atoms with Gasteiger partial charge in [-0.3, -0.25) is 4.79 Å². The topological polar surface area (TPSA) is 110 Å². The zero-order valence-electron chi connectivity index (χ0n) is 13.4. The summed E-state index contributed by atoms with van der Waals surface area (Å²) in [5.41, 5.74) is 0.139. The Morgan fingerprint density at radius 3 is 2.38 bits per heavy atom. The lowest BCUT2D eigenvalue weighted by Gasteiger charge is -2.15. The van der Waals surface area contributed by atoms with Crippen molar-refractivity contribution in [2.45, 2.75) is 31.3 Å². The molecule has 0 bridgehead atoms. The molecule has 1 amide bonds. The van der Waals surface area contributed by atoms with Crippen molar-refractivity contribution < 1.29 is 26.4 Å². The van der Waals surface area contributed by atoms with Crippen molar-refractivity contribution in [3.05, 3.63) is 24.3 Å². The van der Waals surface area contributed by atoms with Gasteiger partial charge in [0.15, 0.2) is 0 Å². The molecule has 0 saturated carbocycles. The van der Waals surface area contributed by atoms with E-state index in [0.717, 1.165) is 0 Å². The fraction of sp³-hybridized carbons (Fsp3) is 0.500. The van der Waals surface area contributed by atoms with Gasteiger partial charge in [0.2, 0.25) is 26.0 Å². The van der Waals surface area contributed by atoms with E-state index in [-0.39, 0.29) is 42.0 Å². The van der Waals surface area contributed by atoms with E-state index in [0.29, 0.717) is 4.31 Å². The Morgan fingerprint density at radius 2 is 1.88 bits per heavy atom. The highest BCUT2D eigenvalue weighted by Crippen LogP contribution is 2.26. The van der Waals surface area contributed by atoms with E-state index < -0.39 is 26.0 Å². The maximum Gasteiger partial charge on any atom is 0.242 e. The van der Waals surface area contributed by atoms with Crippen LogP contribution in [0.5, 0.6) is 0 Å². The average molecular weight is 376 g/mol. The Hall–Kier alpha value is -1.49. The molecule has 0 unspecified atom stereocenters. The van der Waals surface area contributed by atoms with E-state index in [2.05, 4.69) is 4.72 Å². The molecule has 1 aromatic carbocycles. The van der Waals surface area contributed by atoms with Gasteiger partial charge in [-0.1, -0.05) is 0 Å². The lowest BCUT2D eigenvalue weighted by molar-refractivity contribution is -0.116. The fourth-order valence-electron chi connectivity index (χ4n) is 2.18. The molecule has 0 spiro atoms. The molecule has 1 N–H and O–H groups in total. The van der Waals surface area contributed by atoms with Gasteiger partial charge in [-0.05, 0) is 38.1 Å². The van der Waals surface area contributed by atoms with E-state index in [1.54, 1.807) is 0 Å². The minimum Gasteiger partial charge on any atom is -0.377 e. The van der Waals surface area contributed by atoms with Crippen molar-refractivity contribution in [1.82, 2.24) is 4.72 Å². The summed E-state index contributed by atoms with van der Waals surface area (Å²) < 4.78 is 56.3. The second-order valence-corrected chi connectivity index (χ2v) is 9.24. The number of anilines is 1. The molecule has 1 aliphatic heterocycles. The third kappa shape index (κ3) is 4.32. The Labute approximate surface area is 141 Å².